The molecule has 1 aromatic heterocycles. The maximum atomic E-state index is 11.1. The zero-order valence-electron chi connectivity index (χ0n) is 10.5. The van der Waals surface area contributed by atoms with E-state index < -0.39 is 5.91 Å². The quantitative estimate of drug-likeness (QED) is 0.636. The standard InChI is InChI=1S/C11H15ClN4O2/c1-6(2)16(4-9(13)18)11-8(5-17)10(12)14-7(3)15-11/h5-6H,4H2,1-3H3,(H2,13,18). The van der Waals surface area contributed by atoms with Crippen LogP contribution >= 0.6 is 11.6 Å². The molecule has 2 N–H and O–H groups in total. The van der Waals surface area contributed by atoms with Crippen LogP contribution in [0.5, 0.6) is 0 Å². The number of rotatable bonds is 5. The van der Waals surface area contributed by atoms with Gasteiger partial charge in [-0.15, -0.1) is 0 Å². The topological polar surface area (TPSA) is 89.2 Å². The minimum atomic E-state index is -0.507. The van der Waals surface area contributed by atoms with E-state index in [1.54, 1.807) is 11.8 Å². The van der Waals surface area contributed by atoms with Crippen LogP contribution in [0.3, 0.4) is 0 Å². The van der Waals surface area contributed by atoms with Crippen LogP contribution in [0.25, 0.3) is 0 Å². The summed E-state index contributed by atoms with van der Waals surface area (Å²) in [5.74, 6) is 0.250. The lowest BCUT2D eigenvalue weighted by Crippen LogP contribution is -2.40. The van der Waals surface area contributed by atoms with E-state index in [1.165, 1.54) is 0 Å². The van der Waals surface area contributed by atoms with Gasteiger partial charge in [-0.25, -0.2) is 9.97 Å². The summed E-state index contributed by atoms with van der Waals surface area (Å²) in [6.45, 7) is 5.35. The molecule has 0 aliphatic heterocycles. The second-order valence-electron chi connectivity index (χ2n) is 4.10. The van der Waals surface area contributed by atoms with Crippen LogP contribution in [0.4, 0.5) is 5.82 Å². The molecule has 0 atom stereocenters. The van der Waals surface area contributed by atoms with Crippen molar-refractivity contribution < 1.29 is 9.59 Å². The average Bonchev–Trinajstić information content (AvgIpc) is 2.24. The van der Waals surface area contributed by atoms with Gasteiger partial charge in [-0.05, 0) is 20.8 Å². The lowest BCUT2D eigenvalue weighted by Gasteiger charge is -2.27. The number of primary amides is 1. The molecular formula is C11H15ClN4O2. The Kier molecular flexibility index (Phi) is 4.61. The lowest BCUT2D eigenvalue weighted by atomic mass is 10.2. The monoisotopic (exact) mass is 270 g/mol. The van der Waals surface area contributed by atoms with Crippen LogP contribution in [0.2, 0.25) is 5.15 Å². The second kappa shape index (κ2) is 5.77. The number of halogens is 1. The highest BCUT2D eigenvalue weighted by Crippen LogP contribution is 2.24. The van der Waals surface area contributed by atoms with Crippen LogP contribution < -0.4 is 10.6 Å². The van der Waals surface area contributed by atoms with E-state index in [0.717, 1.165) is 0 Å². The van der Waals surface area contributed by atoms with E-state index in [4.69, 9.17) is 17.3 Å². The minimum Gasteiger partial charge on any atom is -0.368 e. The predicted octanol–water partition coefficient (Wildman–Crippen LogP) is 0.951. The molecule has 98 valence electrons. The molecule has 7 heteroatoms. The maximum Gasteiger partial charge on any atom is 0.237 e. The van der Waals surface area contributed by atoms with Gasteiger partial charge in [0.1, 0.15) is 16.8 Å². The summed E-state index contributed by atoms with van der Waals surface area (Å²) in [5.41, 5.74) is 5.35. The molecule has 0 saturated heterocycles. The first-order chi connectivity index (χ1) is 8.36. The summed E-state index contributed by atoms with van der Waals surface area (Å²) in [5, 5.41) is 0.0719. The number of nitrogens with zero attached hydrogens (tertiary/aromatic N) is 3. The van der Waals surface area contributed by atoms with Crippen LogP contribution in [-0.2, 0) is 4.79 Å². The third kappa shape index (κ3) is 3.16. The molecule has 0 unspecified atom stereocenters. The van der Waals surface area contributed by atoms with Gasteiger partial charge >= 0.3 is 0 Å². The summed E-state index contributed by atoms with van der Waals surface area (Å²) in [4.78, 5) is 31.8. The molecule has 0 aliphatic carbocycles. The fraction of sp³-hybridized carbons (Fsp3) is 0.455. The fourth-order valence-electron chi connectivity index (χ4n) is 1.52. The highest BCUT2D eigenvalue weighted by molar-refractivity contribution is 6.32. The molecule has 0 spiro atoms. The Hall–Kier alpha value is -1.69. The normalized spacial score (nSPS) is 10.5. The van der Waals surface area contributed by atoms with Gasteiger partial charge in [-0.1, -0.05) is 11.6 Å². The zero-order chi connectivity index (χ0) is 13.9. The number of carbonyl (C=O) groups excluding carboxylic acids is 2. The third-order valence-corrected chi connectivity index (χ3v) is 2.62. The Morgan fingerprint density at radius 1 is 1.50 bits per heavy atom. The Morgan fingerprint density at radius 2 is 2.11 bits per heavy atom. The molecule has 1 amide bonds. The van der Waals surface area contributed by atoms with Crippen molar-refractivity contribution in [3.05, 3.63) is 16.5 Å². The molecule has 0 aromatic carbocycles. The van der Waals surface area contributed by atoms with Gasteiger partial charge < -0.3 is 10.6 Å². The number of aldehydes is 1. The molecule has 0 bridgehead atoms. The van der Waals surface area contributed by atoms with Crippen LogP contribution in [0.15, 0.2) is 0 Å². The van der Waals surface area contributed by atoms with Gasteiger partial charge in [-0.3, -0.25) is 9.59 Å². The molecule has 1 aromatic rings. The van der Waals surface area contributed by atoms with Gasteiger partial charge in [0, 0.05) is 6.04 Å². The largest absolute Gasteiger partial charge is 0.368 e. The van der Waals surface area contributed by atoms with Crippen molar-refractivity contribution in [1.29, 1.82) is 0 Å². The minimum absolute atomic E-state index is 0.0364. The summed E-state index contributed by atoms with van der Waals surface area (Å²) in [6.07, 6.45) is 0.577. The molecule has 6 nitrogen and oxygen atoms in total. The molecule has 0 fully saturated rings. The second-order valence-corrected chi connectivity index (χ2v) is 4.46. The summed E-state index contributed by atoms with van der Waals surface area (Å²) >= 11 is 5.89. The Balaban J connectivity index is 3.34. The molecular weight excluding hydrogens is 256 g/mol. The van der Waals surface area contributed by atoms with E-state index in [2.05, 4.69) is 9.97 Å². The fourth-order valence-corrected chi connectivity index (χ4v) is 1.77. The van der Waals surface area contributed by atoms with Crippen molar-refractivity contribution in [3.63, 3.8) is 0 Å². The van der Waals surface area contributed by atoms with E-state index in [-0.39, 0.29) is 23.3 Å². The average molecular weight is 271 g/mol. The number of hydrogen-bond donors (Lipinski definition) is 1. The van der Waals surface area contributed by atoms with E-state index in [1.807, 2.05) is 13.8 Å². The summed E-state index contributed by atoms with van der Waals surface area (Å²) < 4.78 is 0. The van der Waals surface area contributed by atoms with Gasteiger partial charge in [-0.2, -0.15) is 0 Å². The predicted molar refractivity (Wildman–Crippen MR) is 68.8 cm³/mol. The van der Waals surface area contributed by atoms with E-state index in [9.17, 15) is 9.59 Å². The number of hydrogen-bond acceptors (Lipinski definition) is 5. The number of aromatic nitrogens is 2. The molecule has 0 aliphatic rings. The van der Waals surface area contributed by atoms with Crippen molar-refractivity contribution >= 4 is 29.6 Å². The molecule has 1 heterocycles. The third-order valence-electron chi connectivity index (χ3n) is 2.33. The number of carbonyl (C=O) groups is 2. The van der Waals surface area contributed by atoms with Gasteiger partial charge in [0.2, 0.25) is 5.91 Å². The molecule has 0 saturated carbocycles. The number of anilines is 1. The van der Waals surface area contributed by atoms with Crippen molar-refractivity contribution in [2.24, 2.45) is 5.73 Å². The molecule has 0 radical (unpaired) electrons. The van der Waals surface area contributed by atoms with E-state index >= 15 is 0 Å². The van der Waals surface area contributed by atoms with Crippen molar-refractivity contribution in [1.82, 2.24) is 9.97 Å². The SMILES string of the molecule is Cc1nc(Cl)c(C=O)c(N(CC(N)=O)C(C)C)n1. The summed E-state index contributed by atoms with van der Waals surface area (Å²) in [6, 6.07) is -0.0541. The van der Waals surface area contributed by atoms with Gasteiger partial charge in [0.25, 0.3) is 0 Å². The van der Waals surface area contributed by atoms with Crippen molar-refractivity contribution in [2.75, 3.05) is 11.4 Å². The summed E-state index contributed by atoms with van der Waals surface area (Å²) in [7, 11) is 0. The highest BCUT2D eigenvalue weighted by atomic mass is 35.5. The van der Waals surface area contributed by atoms with Gasteiger partial charge in [0.05, 0.1) is 12.1 Å². The van der Waals surface area contributed by atoms with Gasteiger partial charge in [0.15, 0.2) is 6.29 Å². The number of aryl methyl sites for hydroxylation is 1. The Labute approximate surface area is 110 Å². The first kappa shape index (κ1) is 14.4. The number of nitrogens with two attached hydrogens (primary N) is 1. The molecule has 1 rings (SSSR count). The number of amides is 1. The zero-order valence-corrected chi connectivity index (χ0v) is 11.2. The smallest absolute Gasteiger partial charge is 0.237 e. The maximum absolute atomic E-state index is 11.1. The van der Waals surface area contributed by atoms with Crippen LogP contribution in [0, 0.1) is 6.92 Å². The van der Waals surface area contributed by atoms with Crippen molar-refractivity contribution in [3.8, 4) is 0 Å². The highest BCUT2D eigenvalue weighted by Gasteiger charge is 2.21. The lowest BCUT2D eigenvalue weighted by molar-refractivity contribution is -0.116. The van der Waals surface area contributed by atoms with Crippen molar-refractivity contribution in [2.45, 2.75) is 26.8 Å². The molecule has 18 heavy (non-hydrogen) atoms. The Morgan fingerprint density at radius 3 is 2.56 bits per heavy atom. The first-order valence-electron chi connectivity index (χ1n) is 5.41. The van der Waals surface area contributed by atoms with Crippen LogP contribution in [-0.4, -0.2) is 34.7 Å². The van der Waals surface area contributed by atoms with E-state index in [0.29, 0.717) is 17.9 Å². The first-order valence-corrected chi connectivity index (χ1v) is 5.78. The van der Waals surface area contributed by atoms with Crippen LogP contribution in [0.1, 0.15) is 30.0 Å². The Bertz CT molecular complexity index is 476.